The molecule has 158 valence electrons. The van der Waals surface area contributed by atoms with Gasteiger partial charge in [0.2, 0.25) is 5.88 Å². The third-order valence-corrected chi connectivity index (χ3v) is 5.87. The molecule has 0 aliphatic carbocycles. The first-order valence-corrected chi connectivity index (χ1v) is 10.6. The first-order chi connectivity index (χ1) is 14.0. The minimum Gasteiger partial charge on any atom is -0.494 e. The summed E-state index contributed by atoms with van der Waals surface area (Å²) in [6.45, 7) is 3.54. The van der Waals surface area contributed by atoms with Crippen LogP contribution in [0.25, 0.3) is 0 Å². The van der Waals surface area contributed by atoms with Gasteiger partial charge in [0.15, 0.2) is 16.3 Å². The maximum absolute atomic E-state index is 12.8. The molecule has 8 heteroatoms. The van der Waals surface area contributed by atoms with Gasteiger partial charge in [0, 0.05) is 18.5 Å². The molecular formula is C21H30N3O4S+. The molecule has 1 aromatic heterocycles. The van der Waals surface area contributed by atoms with Crippen LogP contribution in [0.1, 0.15) is 55.3 Å². The van der Waals surface area contributed by atoms with E-state index in [1.165, 1.54) is 0 Å². The number of aromatic amines is 1. The van der Waals surface area contributed by atoms with Gasteiger partial charge < -0.3 is 19.9 Å². The Morgan fingerprint density at radius 3 is 2.66 bits per heavy atom. The molecule has 2 aromatic rings. The zero-order valence-corrected chi connectivity index (χ0v) is 18.1. The summed E-state index contributed by atoms with van der Waals surface area (Å²) in [5, 5.41) is 13.1. The number of benzene rings is 1. The first kappa shape index (κ1) is 21.4. The Bertz CT molecular complexity index is 983. The molecule has 4 N–H and O–H groups in total. The number of nitrogens with one attached hydrogen (secondary N) is 1. The molecule has 0 fully saturated rings. The lowest BCUT2D eigenvalue weighted by Crippen LogP contribution is -2.87. The summed E-state index contributed by atoms with van der Waals surface area (Å²) in [7, 11) is 3.20. The van der Waals surface area contributed by atoms with Gasteiger partial charge >= 0.3 is 0 Å². The minimum atomic E-state index is -0.346. The van der Waals surface area contributed by atoms with E-state index in [0.717, 1.165) is 49.8 Å². The third kappa shape index (κ3) is 4.33. The molecule has 0 saturated carbocycles. The Morgan fingerprint density at radius 2 is 1.97 bits per heavy atom. The molecule has 1 aliphatic heterocycles. The molecule has 1 aromatic carbocycles. The molecule has 1 aliphatic rings. The number of rotatable bonds is 8. The zero-order valence-electron chi connectivity index (χ0n) is 17.3. The molecule has 0 unspecified atom stereocenters. The molecule has 3 rings (SSSR count). The van der Waals surface area contributed by atoms with Gasteiger partial charge in [-0.3, -0.25) is 14.3 Å². The van der Waals surface area contributed by atoms with Crippen LogP contribution in [-0.2, 0) is 13.0 Å². The SMILES string of the molecule is CCCCCCn1c(O)c([C@H]2[NH2+]CCc3cc(OC)c(OC)cc32)c(=O)[nH]c1=S. The molecule has 0 saturated heterocycles. The van der Waals surface area contributed by atoms with E-state index in [9.17, 15) is 9.90 Å². The highest BCUT2D eigenvalue weighted by molar-refractivity contribution is 7.71. The Kier molecular flexibility index (Phi) is 6.97. The highest BCUT2D eigenvalue weighted by Crippen LogP contribution is 2.36. The molecule has 0 bridgehead atoms. The zero-order chi connectivity index (χ0) is 21.0. The van der Waals surface area contributed by atoms with Crippen molar-refractivity contribution in [1.29, 1.82) is 0 Å². The highest BCUT2D eigenvalue weighted by Gasteiger charge is 2.32. The van der Waals surface area contributed by atoms with Gasteiger partial charge in [-0.05, 0) is 36.3 Å². The number of unbranched alkanes of at least 4 members (excludes halogenated alkanes) is 3. The fourth-order valence-electron chi connectivity index (χ4n) is 4.01. The van der Waals surface area contributed by atoms with Gasteiger partial charge in [-0.2, -0.15) is 0 Å². The van der Waals surface area contributed by atoms with Crippen LogP contribution >= 0.6 is 12.2 Å². The van der Waals surface area contributed by atoms with Crippen molar-refractivity contribution in [1.82, 2.24) is 9.55 Å². The topological polar surface area (TPSA) is 93.1 Å². The van der Waals surface area contributed by atoms with Gasteiger partial charge in [-0.1, -0.05) is 26.2 Å². The third-order valence-electron chi connectivity index (χ3n) is 5.55. The van der Waals surface area contributed by atoms with Crippen molar-refractivity contribution >= 4 is 12.2 Å². The largest absolute Gasteiger partial charge is 0.494 e. The van der Waals surface area contributed by atoms with E-state index in [2.05, 4.69) is 17.2 Å². The van der Waals surface area contributed by atoms with Crippen molar-refractivity contribution < 1.29 is 19.9 Å². The number of methoxy groups -OCH3 is 2. The Balaban J connectivity index is 2.06. The average molecular weight is 421 g/mol. The van der Waals surface area contributed by atoms with Crippen LogP contribution in [0, 0.1) is 4.77 Å². The fraction of sp³-hybridized carbons (Fsp3) is 0.524. The number of hydrogen-bond donors (Lipinski definition) is 3. The lowest BCUT2D eigenvalue weighted by atomic mass is 9.90. The second-order valence-electron chi connectivity index (χ2n) is 7.37. The predicted molar refractivity (Wildman–Crippen MR) is 114 cm³/mol. The number of H-pyrrole nitrogens is 1. The van der Waals surface area contributed by atoms with Crippen LogP contribution in [0.2, 0.25) is 0 Å². The summed E-state index contributed by atoms with van der Waals surface area (Å²) in [6.07, 6.45) is 5.07. The maximum Gasteiger partial charge on any atom is 0.265 e. The summed E-state index contributed by atoms with van der Waals surface area (Å²) in [5.74, 6) is 1.23. The van der Waals surface area contributed by atoms with Gasteiger partial charge in [0.1, 0.15) is 11.6 Å². The van der Waals surface area contributed by atoms with Crippen LogP contribution in [0.4, 0.5) is 0 Å². The van der Waals surface area contributed by atoms with E-state index in [0.29, 0.717) is 23.6 Å². The minimum absolute atomic E-state index is 0.0425. The van der Waals surface area contributed by atoms with E-state index < -0.39 is 0 Å². The van der Waals surface area contributed by atoms with E-state index in [4.69, 9.17) is 21.7 Å². The average Bonchev–Trinajstić information content (AvgIpc) is 2.72. The molecular weight excluding hydrogens is 390 g/mol. The predicted octanol–water partition coefficient (Wildman–Crippen LogP) is 2.42. The summed E-state index contributed by atoms with van der Waals surface area (Å²) in [6, 6.07) is 3.53. The summed E-state index contributed by atoms with van der Waals surface area (Å²) in [4.78, 5) is 15.6. The van der Waals surface area contributed by atoms with Crippen molar-refractivity contribution in [3.05, 3.63) is 43.9 Å². The van der Waals surface area contributed by atoms with Crippen LogP contribution in [0.15, 0.2) is 16.9 Å². The second kappa shape index (κ2) is 9.45. The second-order valence-corrected chi connectivity index (χ2v) is 7.75. The lowest BCUT2D eigenvalue weighted by Gasteiger charge is -2.26. The van der Waals surface area contributed by atoms with E-state index >= 15 is 0 Å². The standard InChI is InChI=1S/C21H29N3O4S/c1-4-5-6-7-10-24-20(26)17(19(25)23-21(24)29)18-14-12-16(28-3)15(27-2)11-13(14)8-9-22-18/h11-12,18,22,26H,4-10H2,1-3H3,(H,23,25,29)/p+1/t18-/m0/s1. The number of fused-ring (bicyclic) bond motifs is 1. The number of nitrogens with two attached hydrogens (primary N) is 1. The molecule has 1 atom stereocenters. The number of aromatic nitrogens is 2. The monoisotopic (exact) mass is 420 g/mol. The van der Waals surface area contributed by atoms with Gasteiger partial charge in [0.25, 0.3) is 5.56 Å². The van der Waals surface area contributed by atoms with E-state index in [1.54, 1.807) is 18.8 Å². The van der Waals surface area contributed by atoms with Gasteiger partial charge in [-0.25, -0.2) is 0 Å². The molecule has 0 spiro atoms. The summed E-state index contributed by atoms with van der Waals surface area (Å²) in [5.41, 5.74) is 2.03. The van der Waals surface area contributed by atoms with Crippen molar-refractivity contribution in [3.63, 3.8) is 0 Å². The molecule has 2 heterocycles. The van der Waals surface area contributed by atoms with Crippen LogP contribution in [-0.4, -0.2) is 35.4 Å². The fourth-order valence-corrected chi connectivity index (χ4v) is 4.28. The van der Waals surface area contributed by atoms with Gasteiger partial charge in [0.05, 0.1) is 20.8 Å². The Labute approximate surface area is 175 Å². The normalized spacial score (nSPS) is 15.8. The smallest absolute Gasteiger partial charge is 0.265 e. The van der Waals surface area contributed by atoms with Crippen LogP contribution < -0.4 is 20.3 Å². The number of quaternary nitrogens is 1. The Morgan fingerprint density at radius 1 is 1.24 bits per heavy atom. The van der Waals surface area contributed by atoms with Crippen molar-refractivity contribution in [2.45, 2.75) is 51.6 Å². The molecule has 7 nitrogen and oxygen atoms in total. The molecule has 0 radical (unpaired) electrons. The highest BCUT2D eigenvalue weighted by atomic mass is 32.1. The number of hydrogen-bond acceptors (Lipinski definition) is 5. The van der Waals surface area contributed by atoms with Crippen molar-refractivity contribution in [2.75, 3.05) is 20.8 Å². The van der Waals surface area contributed by atoms with Crippen molar-refractivity contribution in [3.8, 4) is 17.4 Å². The van der Waals surface area contributed by atoms with E-state index in [1.807, 2.05) is 12.1 Å². The Hall–Kier alpha value is -2.32. The van der Waals surface area contributed by atoms with E-state index in [-0.39, 0.29) is 22.3 Å². The molecule has 29 heavy (non-hydrogen) atoms. The quantitative estimate of drug-likeness (QED) is 0.451. The number of ether oxygens (including phenoxy) is 2. The molecule has 0 amide bonds. The van der Waals surface area contributed by atoms with Gasteiger partial charge in [-0.15, -0.1) is 0 Å². The van der Waals surface area contributed by atoms with Crippen molar-refractivity contribution in [2.24, 2.45) is 0 Å². The van der Waals surface area contributed by atoms with Crippen LogP contribution in [0.3, 0.4) is 0 Å². The summed E-state index contributed by atoms with van der Waals surface area (Å²) >= 11 is 5.32. The number of aromatic hydroxyl groups is 1. The summed E-state index contributed by atoms with van der Waals surface area (Å²) < 4.78 is 12.8. The maximum atomic E-state index is 12.8. The van der Waals surface area contributed by atoms with Crippen LogP contribution in [0.5, 0.6) is 17.4 Å². The lowest BCUT2D eigenvalue weighted by molar-refractivity contribution is -0.690. The first-order valence-electron chi connectivity index (χ1n) is 10.2. The number of nitrogens with zero attached hydrogens (tertiary/aromatic N) is 1.